The van der Waals surface area contributed by atoms with Gasteiger partial charge in [-0.15, -0.1) is 0 Å². The smallest absolute Gasteiger partial charge is 0.128 e. The molecule has 1 N–H and O–H groups in total. The zero-order valence-electron chi connectivity index (χ0n) is 13.5. The van der Waals surface area contributed by atoms with Crippen LogP contribution in [0.3, 0.4) is 0 Å². The Labute approximate surface area is 122 Å². The molecule has 1 aromatic heterocycles. The molecule has 4 nitrogen and oxygen atoms in total. The average molecular weight is 280 g/mol. The van der Waals surface area contributed by atoms with E-state index in [0.717, 1.165) is 49.5 Å². The average Bonchev–Trinajstić information content (AvgIpc) is 2.43. The second-order valence-electron chi connectivity index (χ2n) is 5.39. The van der Waals surface area contributed by atoms with E-state index in [2.05, 4.69) is 24.1 Å². The molecule has 0 aliphatic rings. The third-order valence-corrected chi connectivity index (χ3v) is 3.60. The van der Waals surface area contributed by atoms with E-state index >= 15 is 0 Å². The zero-order valence-corrected chi connectivity index (χ0v) is 13.5. The molecule has 20 heavy (non-hydrogen) atoms. The van der Waals surface area contributed by atoms with E-state index in [1.807, 2.05) is 13.1 Å². The van der Waals surface area contributed by atoms with Crippen LogP contribution in [0.15, 0.2) is 6.20 Å². The molecule has 114 valence electrons. The molecule has 1 heterocycles. The molecule has 0 aliphatic heterocycles. The maximum absolute atomic E-state index is 5.45. The number of pyridine rings is 1. The Morgan fingerprint density at radius 3 is 2.70 bits per heavy atom. The predicted octanol–water partition coefficient (Wildman–Crippen LogP) is 2.51. The number of hydrogen-bond acceptors (Lipinski definition) is 4. The van der Waals surface area contributed by atoms with E-state index in [4.69, 9.17) is 9.47 Å². The summed E-state index contributed by atoms with van der Waals surface area (Å²) in [5.41, 5.74) is 3.42. The highest BCUT2D eigenvalue weighted by Crippen LogP contribution is 2.25. The van der Waals surface area contributed by atoms with Crippen molar-refractivity contribution in [2.75, 3.05) is 33.9 Å². The van der Waals surface area contributed by atoms with Crippen molar-refractivity contribution in [3.05, 3.63) is 23.0 Å². The summed E-state index contributed by atoms with van der Waals surface area (Å²) >= 11 is 0. The first-order chi connectivity index (χ1) is 9.60. The SMILES string of the molecule is COCCNCC(C)CCc1ncc(C)c(OC)c1C. The lowest BCUT2D eigenvalue weighted by Crippen LogP contribution is -2.25. The van der Waals surface area contributed by atoms with Gasteiger partial charge in [-0.25, -0.2) is 0 Å². The van der Waals surface area contributed by atoms with Crippen LogP contribution in [0.1, 0.15) is 30.2 Å². The van der Waals surface area contributed by atoms with Gasteiger partial charge in [-0.3, -0.25) is 4.98 Å². The van der Waals surface area contributed by atoms with Crippen molar-refractivity contribution in [3.63, 3.8) is 0 Å². The molecule has 0 saturated heterocycles. The molecule has 0 amide bonds. The van der Waals surface area contributed by atoms with Crippen molar-refractivity contribution < 1.29 is 9.47 Å². The normalized spacial score (nSPS) is 12.4. The first-order valence-corrected chi connectivity index (χ1v) is 7.28. The summed E-state index contributed by atoms with van der Waals surface area (Å²) in [6.07, 6.45) is 4.03. The fourth-order valence-corrected chi connectivity index (χ4v) is 2.33. The van der Waals surface area contributed by atoms with Gasteiger partial charge < -0.3 is 14.8 Å². The first kappa shape index (κ1) is 16.9. The highest BCUT2D eigenvalue weighted by Gasteiger charge is 2.10. The number of ether oxygens (including phenoxy) is 2. The van der Waals surface area contributed by atoms with E-state index in [9.17, 15) is 0 Å². The Morgan fingerprint density at radius 2 is 2.05 bits per heavy atom. The van der Waals surface area contributed by atoms with Crippen molar-refractivity contribution in [2.24, 2.45) is 5.92 Å². The van der Waals surface area contributed by atoms with Crippen LogP contribution in [0, 0.1) is 19.8 Å². The Morgan fingerprint density at radius 1 is 1.30 bits per heavy atom. The van der Waals surface area contributed by atoms with E-state index < -0.39 is 0 Å². The van der Waals surface area contributed by atoms with Gasteiger partial charge in [0, 0.05) is 36.7 Å². The Kier molecular flexibility index (Phi) is 7.55. The van der Waals surface area contributed by atoms with Crippen LogP contribution >= 0.6 is 0 Å². The summed E-state index contributed by atoms with van der Waals surface area (Å²) in [4.78, 5) is 4.55. The number of methoxy groups -OCH3 is 2. The maximum Gasteiger partial charge on any atom is 0.128 e. The van der Waals surface area contributed by atoms with Gasteiger partial charge in [-0.05, 0) is 39.2 Å². The van der Waals surface area contributed by atoms with Crippen molar-refractivity contribution in [3.8, 4) is 5.75 Å². The molecular formula is C16H28N2O2. The molecule has 0 aliphatic carbocycles. The Balaban J connectivity index is 2.45. The highest BCUT2D eigenvalue weighted by atomic mass is 16.5. The molecule has 0 aromatic carbocycles. The van der Waals surface area contributed by atoms with Gasteiger partial charge >= 0.3 is 0 Å². The molecule has 1 aromatic rings. The maximum atomic E-state index is 5.45. The second kappa shape index (κ2) is 8.93. The number of hydrogen-bond donors (Lipinski definition) is 1. The number of aryl methyl sites for hydroxylation is 2. The lowest BCUT2D eigenvalue weighted by atomic mass is 10.0. The minimum Gasteiger partial charge on any atom is -0.496 e. The van der Waals surface area contributed by atoms with Crippen LogP contribution in [0.4, 0.5) is 0 Å². The first-order valence-electron chi connectivity index (χ1n) is 7.28. The van der Waals surface area contributed by atoms with Crippen molar-refractivity contribution >= 4 is 0 Å². The summed E-state index contributed by atoms with van der Waals surface area (Å²) in [7, 11) is 3.45. The molecule has 0 saturated carbocycles. The summed E-state index contributed by atoms with van der Waals surface area (Å²) in [6, 6.07) is 0. The summed E-state index contributed by atoms with van der Waals surface area (Å²) in [5.74, 6) is 1.60. The fourth-order valence-electron chi connectivity index (χ4n) is 2.33. The Hall–Kier alpha value is -1.13. The van der Waals surface area contributed by atoms with Crippen LogP contribution in [-0.4, -0.2) is 38.9 Å². The standard InChI is InChI=1S/C16H28N2O2/c1-12(10-17-8-9-19-4)6-7-15-14(3)16(20-5)13(2)11-18-15/h11-12,17H,6-10H2,1-5H3. The summed E-state index contributed by atoms with van der Waals surface area (Å²) in [5, 5.41) is 3.40. The van der Waals surface area contributed by atoms with Gasteiger partial charge in [0.1, 0.15) is 5.75 Å². The van der Waals surface area contributed by atoms with Crippen LogP contribution in [0.2, 0.25) is 0 Å². The van der Waals surface area contributed by atoms with Gasteiger partial charge in [0.2, 0.25) is 0 Å². The molecule has 0 bridgehead atoms. The molecule has 1 rings (SSSR count). The lowest BCUT2D eigenvalue weighted by molar-refractivity contribution is 0.198. The monoisotopic (exact) mass is 280 g/mol. The van der Waals surface area contributed by atoms with Crippen molar-refractivity contribution in [1.29, 1.82) is 0 Å². The molecule has 1 unspecified atom stereocenters. The predicted molar refractivity (Wildman–Crippen MR) is 82.5 cm³/mol. The van der Waals surface area contributed by atoms with Crippen LogP contribution < -0.4 is 10.1 Å². The van der Waals surface area contributed by atoms with E-state index in [0.29, 0.717) is 5.92 Å². The third kappa shape index (κ3) is 5.10. The molecule has 0 spiro atoms. The van der Waals surface area contributed by atoms with Crippen molar-refractivity contribution in [2.45, 2.75) is 33.6 Å². The van der Waals surface area contributed by atoms with Crippen LogP contribution in [-0.2, 0) is 11.2 Å². The van der Waals surface area contributed by atoms with E-state index in [1.54, 1.807) is 14.2 Å². The number of nitrogens with zero attached hydrogens (tertiary/aromatic N) is 1. The summed E-state index contributed by atoms with van der Waals surface area (Å²) < 4.78 is 10.5. The van der Waals surface area contributed by atoms with Gasteiger partial charge in [0.05, 0.1) is 13.7 Å². The number of aromatic nitrogens is 1. The highest BCUT2D eigenvalue weighted by molar-refractivity contribution is 5.41. The topological polar surface area (TPSA) is 43.4 Å². The molecular weight excluding hydrogens is 252 g/mol. The quantitative estimate of drug-likeness (QED) is 0.706. The van der Waals surface area contributed by atoms with Gasteiger partial charge in [0.25, 0.3) is 0 Å². The van der Waals surface area contributed by atoms with Crippen LogP contribution in [0.25, 0.3) is 0 Å². The summed E-state index contributed by atoms with van der Waals surface area (Å²) in [6.45, 7) is 9.09. The van der Waals surface area contributed by atoms with Gasteiger partial charge in [-0.2, -0.15) is 0 Å². The Bertz CT molecular complexity index is 408. The number of nitrogens with one attached hydrogen (secondary N) is 1. The lowest BCUT2D eigenvalue weighted by Gasteiger charge is -2.15. The molecule has 0 radical (unpaired) electrons. The minimum absolute atomic E-state index is 0.625. The van der Waals surface area contributed by atoms with E-state index in [-0.39, 0.29) is 0 Å². The second-order valence-corrected chi connectivity index (χ2v) is 5.39. The van der Waals surface area contributed by atoms with E-state index in [1.165, 1.54) is 5.56 Å². The molecule has 1 atom stereocenters. The van der Waals surface area contributed by atoms with Crippen LogP contribution in [0.5, 0.6) is 5.75 Å². The molecule has 4 heteroatoms. The number of rotatable bonds is 9. The third-order valence-electron chi connectivity index (χ3n) is 3.60. The van der Waals surface area contributed by atoms with Gasteiger partial charge in [0.15, 0.2) is 0 Å². The van der Waals surface area contributed by atoms with Crippen molar-refractivity contribution in [1.82, 2.24) is 10.3 Å². The van der Waals surface area contributed by atoms with Gasteiger partial charge in [-0.1, -0.05) is 6.92 Å². The molecule has 0 fully saturated rings. The zero-order chi connectivity index (χ0) is 15.0. The minimum atomic E-state index is 0.625. The largest absolute Gasteiger partial charge is 0.496 e. The fraction of sp³-hybridized carbons (Fsp3) is 0.688.